The lowest BCUT2D eigenvalue weighted by Crippen LogP contribution is -2.36. The second kappa shape index (κ2) is 12.2. The highest BCUT2D eigenvalue weighted by Crippen LogP contribution is 2.47. The second-order valence-electron chi connectivity index (χ2n) is 10.0. The summed E-state index contributed by atoms with van der Waals surface area (Å²) in [5, 5.41) is 7.57. The van der Waals surface area contributed by atoms with E-state index in [1.54, 1.807) is 24.7 Å². The maximum Gasteiger partial charge on any atom is 0.247 e. The number of pyridine rings is 1. The molecule has 13 heteroatoms. The number of benzene rings is 2. The lowest BCUT2D eigenvalue weighted by Gasteiger charge is -2.31. The summed E-state index contributed by atoms with van der Waals surface area (Å²) >= 11 is 13.5. The van der Waals surface area contributed by atoms with Gasteiger partial charge in [0.15, 0.2) is 5.65 Å². The molecule has 6 rings (SSSR count). The first kappa shape index (κ1) is 29.5. The van der Waals surface area contributed by atoms with Crippen molar-refractivity contribution < 1.29 is 19.0 Å². The Morgan fingerprint density at radius 2 is 1.75 bits per heavy atom. The summed E-state index contributed by atoms with van der Waals surface area (Å²) in [6.45, 7) is 8.43. The summed E-state index contributed by atoms with van der Waals surface area (Å²) in [6, 6.07) is 7.43. The Hall–Kier alpha value is -4.58. The van der Waals surface area contributed by atoms with Gasteiger partial charge in [0.05, 0.1) is 48.9 Å². The van der Waals surface area contributed by atoms with Crippen LogP contribution in [0.5, 0.6) is 11.5 Å². The van der Waals surface area contributed by atoms with E-state index in [4.69, 9.17) is 42.4 Å². The third kappa shape index (κ3) is 5.34. The molecule has 0 bridgehead atoms. The molecule has 1 saturated heterocycles. The predicted octanol–water partition coefficient (Wildman–Crippen LogP) is 6.28. The van der Waals surface area contributed by atoms with Crippen molar-refractivity contribution in [3.8, 4) is 22.6 Å². The monoisotopic (exact) mass is 633 g/mol. The molecule has 0 saturated carbocycles. The lowest BCUT2D eigenvalue weighted by atomic mass is 10.0. The molecule has 5 aromatic rings. The first-order chi connectivity index (χ1) is 21.3. The Morgan fingerprint density at radius 3 is 2.43 bits per heavy atom. The number of aryl methyl sites for hydroxylation is 1. The van der Waals surface area contributed by atoms with E-state index in [1.165, 1.54) is 20.3 Å². The minimum absolute atomic E-state index is 0.326. The van der Waals surface area contributed by atoms with Crippen molar-refractivity contribution in [1.29, 1.82) is 0 Å². The lowest BCUT2D eigenvalue weighted by molar-refractivity contribution is -0.111. The van der Waals surface area contributed by atoms with E-state index in [9.17, 15) is 4.79 Å². The average Bonchev–Trinajstić information content (AvgIpc) is 3.54. The number of anilines is 4. The van der Waals surface area contributed by atoms with Crippen LogP contribution in [0.2, 0.25) is 10.0 Å². The van der Waals surface area contributed by atoms with Gasteiger partial charge in [0.25, 0.3) is 0 Å². The van der Waals surface area contributed by atoms with Crippen LogP contribution in [0.15, 0.2) is 55.5 Å². The SMILES string of the molecule is C=CC(=O)Nc1cc(N2CCOCC2)c(C)cc1Nc1ncc2cc(-c3c(Cl)c(OC)cc(OC)c3Cl)c3nccn3c2n1. The summed E-state index contributed by atoms with van der Waals surface area (Å²) in [6.07, 6.45) is 6.40. The van der Waals surface area contributed by atoms with Crippen molar-refractivity contribution in [2.45, 2.75) is 6.92 Å². The topological polar surface area (TPSA) is 115 Å². The van der Waals surface area contributed by atoms with Gasteiger partial charge >= 0.3 is 0 Å². The molecule has 4 heterocycles. The average molecular weight is 635 g/mol. The van der Waals surface area contributed by atoms with Crippen LogP contribution in [0, 0.1) is 6.92 Å². The summed E-state index contributed by atoms with van der Waals surface area (Å²) in [5.41, 5.74) is 5.59. The van der Waals surface area contributed by atoms with Crippen LogP contribution in [-0.4, -0.2) is 65.8 Å². The molecule has 226 valence electrons. The second-order valence-corrected chi connectivity index (χ2v) is 10.8. The molecule has 1 aliphatic rings. The first-order valence-electron chi connectivity index (χ1n) is 13.7. The van der Waals surface area contributed by atoms with E-state index in [2.05, 4.69) is 32.1 Å². The van der Waals surface area contributed by atoms with E-state index in [-0.39, 0.29) is 5.91 Å². The Labute approximate surface area is 263 Å². The zero-order valence-electron chi connectivity index (χ0n) is 24.3. The number of imidazole rings is 1. The highest BCUT2D eigenvalue weighted by Gasteiger charge is 2.23. The minimum Gasteiger partial charge on any atom is -0.495 e. The van der Waals surface area contributed by atoms with Gasteiger partial charge in [0.2, 0.25) is 11.9 Å². The van der Waals surface area contributed by atoms with Gasteiger partial charge in [0.1, 0.15) is 17.1 Å². The van der Waals surface area contributed by atoms with E-state index in [0.717, 1.165) is 24.3 Å². The number of hydrogen-bond acceptors (Lipinski definition) is 9. The van der Waals surface area contributed by atoms with Crippen LogP contribution in [0.1, 0.15) is 5.56 Å². The standard InChI is InChI=1S/C31H29Cl2N7O4/c1-5-25(41)36-21-14-22(39-8-10-44-11-9-39)17(2)12-20(21)37-31-35-16-18-13-19(30-34-6-7-40(30)29(18)38-31)26-27(32)23(42-3)15-24(43-4)28(26)33/h5-7,12-16H,1,8-11H2,2-4H3,(H,36,41)(H,35,37,38). The Bertz CT molecular complexity index is 1890. The smallest absolute Gasteiger partial charge is 0.247 e. The Balaban J connectivity index is 1.44. The van der Waals surface area contributed by atoms with Gasteiger partial charge < -0.3 is 29.7 Å². The molecule has 0 radical (unpaired) electrons. The van der Waals surface area contributed by atoms with Crippen molar-refractivity contribution >= 4 is 68.8 Å². The Morgan fingerprint density at radius 1 is 1.02 bits per heavy atom. The number of rotatable bonds is 8. The summed E-state index contributed by atoms with van der Waals surface area (Å²) in [4.78, 5) is 28.6. The molecule has 0 unspecified atom stereocenters. The number of nitrogens with one attached hydrogen (secondary N) is 2. The van der Waals surface area contributed by atoms with Gasteiger partial charge in [-0.2, -0.15) is 4.98 Å². The number of carbonyl (C=O) groups is 1. The molecule has 0 spiro atoms. The van der Waals surface area contributed by atoms with Gasteiger partial charge in [-0.15, -0.1) is 0 Å². The normalized spacial score (nSPS) is 13.2. The molecule has 0 atom stereocenters. The van der Waals surface area contributed by atoms with E-state index >= 15 is 0 Å². The van der Waals surface area contributed by atoms with Crippen molar-refractivity contribution in [2.24, 2.45) is 0 Å². The van der Waals surface area contributed by atoms with Crippen LogP contribution < -0.4 is 25.0 Å². The number of fused-ring (bicyclic) bond motifs is 3. The van der Waals surface area contributed by atoms with Gasteiger partial charge in [-0.1, -0.05) is 29.8 Å². The molecule has 1 amide bonds. The Kier molecular flexibility index (Phi) is 8.17. The van der Waals surface area contributed by atoms with Crippen LogP contribution >= 0.6 is 23.2 Å². The molecule has 2 aromatic carbocycles. The fraction of sp³-hybridized carbons (Fsp3) is 0.226. The van der Waals surface area contributed by atoms with E-state index < -0.39 is 0 Å². The molecule has 11 nitrogen and oxygen atoms in total. The number of amides is 1. The van der Waals surface area contributed by atoms with Crippen molar-refractivity contribution in [3.05, 3.63) is 71.1 Å². The van der Waals surface area contributed by atoms with Crippen LogP contribution in [0.25, 0.3) is 27.8 Å². The quantitative estimate of drug-likeness (QED) is 0.190. The molecule has 1 aliphatic heterocycles. The molecular weight excluding hydrogens is 605 g/mol. The summed E-state index contributed by atoms with van der Waals surface area (Å²) in [5.74, 6) is 0.825. The number of halogens is 2. The van der Waals surface area contributed by atoms with E-state index in [1.807, 2.05) is 29.5 Å². The molecule has 1 fully saturated rings. The highest BCUT2D eigenvalue weighted by atomic mass is 35.5. The van der Waals surface area contributed by atoms with Crippen LogP contribution in [0.3, 0.4) is 0 Å². The number of morpholine rings is 1. The van der Waals surface area contributed by atoms with Gasteiger partial charge in [-0.3, -0.25) is 9.20 Å². The minimum atomic E-state index is -0.330. The largest absolute Gasteiger partial charge is 0.495 e. The number of hydrogen-bond donors (Lipinski definition) is 2. The van der Waals surface area contributed by atoms with Gasteiger partial charge in [-0.05, 0) is 36.8 Å². The van der Waals surface area contributed by atoms with Crippen molar-refractivity contribution in [3.63, 3.8) is 0 Å². The maximum atomic E-state index is 12.4. The first-order valence-corrected chi connectivity index (χ1v) is 14.5. The molecule has 44 heavy (non-hydrogen) atoms. The van der Waals surface area contributed by atoms with Crippen molar-refractivity contribution in [2.75, 3.05) is 56.1 Å². The van der Waals surface area contributed by atoms with Crippen LogP contribution in [-0.2, 0) is 9.53 Å². The van der Waals surface area contributed by atoms with Crippen molar-refractivity contribution in [1.82, 2.24) is 19.4 Å². The molecule has 0 aliphatic carbocycles. The molecule has 2 N–H and O–H groups in total. The fourth-order valence-corrected chi connectivity index (χ4v) is 5.99. The van der Waals surface area contributed by atoms with Gasteiger partial charge in [0, 0.05) is 59.9 Å². The molecular formula is C31H29Cl2N7O4. The van der Waals surface area contributed by atoms with E-state index in [0.29, 0.717) is 79.9 Å². The number of aromatic nitrogens is 4. The number of methoxy groups -OCH3 is 2. The van der Waals surface area contributed by atoms with Crippen LogP contribution in [0.4, 0.5) is 23.0 Å². The zero-order valence-corrected chi connectivity index (χ0v) is 25.8. The number of nitrogens with zero attached hydrogens (tertiary/aromatic N) is 5. The molecule has 3 aromatic heterocycles. The summed E-state index contributed by atoms with van der Waals surface area (Å²) < 4.78 is 18.3. The highest BCUT2D eigenvalue weighted by molar-refractivity contribution is 6.41. The third-order valence-corrected chi connectivity index (χ3v) is 8.18. The maximum absolute atomic E-state index is 12.4. The number of carbonyl (C=O) groups excluding carboxylic acids is 1. The third-order valence-electron chi connectivity index (χ3n) is 7.43. The fourth-order valence-electron chi connectivity index (χ4n) is 5.29. The predicted molar refractivity (Wildman–Crippen MR) is 173 cm³/mol. The zero-order chi connectivity index (χ0) is 31.0. The number of ether oxygens (including phenoxy) is 3. The summed E-state index contributed by atoms with van der Waals surface area (Å²) in [7, 11) is 3.05. The van der Waals surface area contributed by atoms with Gasteiger partial charge in [-0.25, -0.2) is 9.97 Å².